The highest BCUT2D eigenvalue weighted by Crippen LogP contribution is 2.09. The molecule has 0 saturated heterocycles. The number of hydrogen-bond acceptors (Lipinski definition) is 4. The molecule has 2 atom stereocenters. The highest BCUT2D eigenvalue weighted by molar-refractivity contribution is 5.82. The van der Waals surface area contributed by atoms with Crippen LogP contribution in [0.5, 0.6) is 0 Å². The molecule has 0 bridgehead atoms. The van der Waals surface area contributed by atoms with Crippen molar-refractivity contribution >= 4 is 12.0 Å². The maximum absolute atomic E-state index is 11.5. The number of carbonyl (C=O) groups is 2. The first-order valence-corrected chi connectivity index (χ1v) is 5.35. The molecule has 18 heavy (non-hydrogen) atoms. The smallest absolute Gasteiger partial charge is 0.328 e. The number of nitrogens with zero attached hydrogens (tertiary/aromatic N) is 1. The number of aliphatic hydroxyl groups is 1. The van der Waals surface area contributed by atoms with Crippen LogP contribution in [0.4, 0.5) is 4.79 Å². The van der Waals surface area contributed by atoms with E-state index in [1.54, 1.807) is 31.5 Å². The standard InChI is InChI=1S/C11H15N3O4/c1-7(8-3-2-4-12-5-8)13-11(18)14-9(6-15)10(16)17/h2-5,7,9,15H,6H2,1H3,(H,16,17)(H2,13,14,18). The molecule has 98 valence electrons. The fraction of sp³-hybridized carbons (Fsp3) is 0.364. The van der Waals surface area contributed by atoms with Crippen LogP contribution < -0.4 is 10.6 Å². The second-order valence-electron chi connectivity index (χ2n) is 3.70. The molecule has 0 saturated carbocycles. The fourth-order valence-corrected chi connectivity index (χ4v) is 1.30. The zero-order valence-electron chi connectivity index (χ0n) is 9.83. The first-order chi connectivity index (χ1) is 8.54. The lowest BCUT2D eigenvalue weighted by molar-refractivity contribution is -0.140. The second-order valence-corrected chi connectivity index (χ2v) is 3.70. The van der Waals surface area contributed by atoms with Crippen LogP contribution in [-0.2, 0) is 4.79 Å². The van der Waals surface area contributed by atoms with Gasteiger partial charge in [0.25, 0.3) is 0 Å². The van der Waals surface area contributed by atoms with Crippen molar-refractivity contribution in [3.05, 3.63) is 30.1 Å². The van der Waals surface area contributed by atoms with Gasteiger partial charge in [0.2, 0.25) is 0 Å². The number of rotatable bonds is 5. The third-order valence-electron chi connectivity index (χ3n) is 2.32. The Balaban J connectivity index is 2.52. The summed E-state index contributed by atoms with van der Waals surface area (Å²) >= 11 is 0. The lowest BCUT2D eigenvalue weighted by Crippen LogP contribution is -2.48. The summed E-state index contributed by atoms with van der Waals surface area (Å²) < 4.78 is 0. The number of carboxylic acids is 1. The zero-order valence-corrected chi connectivity index (χ0v) is 9.83. The van der Waals surface area contributed by atoms with Gasteiger partial charge in [-0.3, -0.25) is 4.98 Å². The van der Waals surface area contributed by atoms with Crippen LogP contribution in [0, 0.1) is 0 Å². The first kappa shape index (κ1) is 13.9. The monoisotopic (exact) mass is 253 g/mol. The van der Waals surface area contributed by atoms with Crippen molar-refractivity contribution in [1.82, 2.24) is 15.6 Å². The molecule has 1 heterocycles. The van der Waals surface area contributed by atoms with Gasteiger partial charge in [-0.15, -0.1) is 0 Å². The van der Waals surface area contributed by atoms with Gasteiger partial charge in [0.05, 0.1) is 12.6 Å². The van der Waals surface area contributed by atoms with E-state index < -0.39 is 24.6 Å². The van der Waals surface area contributed by atoms with Gasteiger partial charge in [-0.05, 0) is 18.6 Å². The van der Waals surface area contributed by atoms with E-state index in [9.17, 15) is 9.59 Å². The topological polar surface area (TPSA) is 112 Å². The lowest BCUT2D eigenvalue weighted by atomic mass is 10.1. The van der Waals surface area contributed by atoms with Gasteiger partial charge in [0, 0.05) is 12.4 Å². The Labute approximate surface area is 104 Å². The number of aliphatic hydroxyl groups excluding tert-OH is 1. The predicted molar refractivity (Wildman–Crippen MR) is 62.8 cm³/mol. The van der Waals surface area contributed by atoms with E-state index in [4.69, 9.17) is 10.2 Å². The molecule has 1 rings (SSSR count). The van der Waals surface area contributed by atoms with Crippen LogP contribution in [0.15, 0.2) is 24.5 Å². The minimum absolute atomic E-state index is 0.313. The molecule has 0 aromatic carbocycles. The highest BCUT2D eigenvalue weighted by Gasteiger charge is 2.19. The third kappa shape index (κ3) is 4.02. The molecular formula is C11H15N3O4. The first-order valence-electron chi connectivity index (χ1n) is 5.35. The van der Waals surface area contributed by atoms with E-state index in [0.29, 0.717) is 0 Å². The van der Waals surface area contributed by atoms with Gasteiger partial charge in [-0.25, -0.2) is 9.59 Å². The van der Waals surface area contributed by atoms with Crippen molar-refractivity contribution in [2.45, 2.75) is 19.0 Å². The second kappa shape index (κ2) is 6.55. The summed E-state index contributed by atoms with van der Waals surface area (Å²) in [6.45, 7) is 1.08. The van der Waals surface area contributed by atoms with E-state index in [1.165, 1.54) is 0 Å². The number of urea groups is 1. The Morgan fingerprint density at radius 2 is 2.17 bits per heavy atom. The lowest BCUT2D eigenvalue weighted by Gasteiger charge is -2.17. The highest BCUT2D eigenvalue weighted by atomic mass is 16.4. The normalized spacial score (nSPS) is 13.4. The average Bonchev–Trinajstić information content (AvgIpc) is 2.36. The Bertz CT molecular complexity index is 410. The van der Waals surface area contributed by atoms with Crippen LogP contribution in [-0.4, -0.2) is 39.8 Å². The Kier molecular flexibility index (Phi) is 5.06. The van der Waals surface area contributed by atoms with Crippen molar-refractivity contribution in [2.24, 2.45) is 0 Å². The summed E-state index contributed by atoms with van der Waals surface area (Å²) in [6.07, 6.45) is 3.22. The molecule has 7 nitrogen and oxygen atoms in total. The van der Waals surface area contributed by atoms with Crippen LogP contribution in [0.25, 0.3) is 0 Å². The molecule has 0 spiro atoms. The number of pyridine rings is 1. The van der Waals surface area contributed by atoms with Gasteiger partial charge < -0.3 is 20.8 Å². The Morgan fingerprint density at radius 3 is 2.67 bits per heavy atom. The van der Waals surface area contributed by atoms with Crippen molar-refractivity contribution in [3.8, 4) is 0 Å². The maximum atomic E-state index is 11.5. The summed E-state index contributed by atoms with van der Waals surface area (Å²) in [6, 6.07) is 1.24. The van der Waals surface area contributed by atoms with E-state index in [2.05, 4.69) is 15.6 Å². The SMILES string of the molecule is CC(NC(=O)NC(CO)C(=O)O)c1cccnc1. The summed E-state index contributed by atoms with van der Waals surface area (Å²) in [5, 5.41) is 22.1. The molecule has 0 aliphatic rings. The minimum atomic E-state index is -1.31. The number of carboxylic acid groups (broad SMARTS) is 1. The van der Waals surface area contributed by atoms with E-state index in [1.807, 2.05) is 0 Å². The number of hydrogen-bond donors (Lipinski definition) is 4. The molecule has 1 aromatic heterocycles. The molecule has 1 aromatic rings. The van der Waals surface area contributed by atoms with Crippen LogP contribution in [0.3, 0.4) is 0 Å². The quantitative estimate of drug-likeness (QED) is 0.585. The third-order valence-corrected chi connectivity index (χ3v) is 2.32. The number of nitrogens with one attached hydrogen (secondary N) is 2. The fourth-order valence-electron chi connectivity index (χ4n) is 1.30. The summed E-state index contributed by atoms with van der Waals surface area (Å²) in [7, 11) is 0. The molecule has 0 aliphatic carbocycles. The summed E-state index contributed by atoms with van der Waals surface area (Å²) in [5.41, 5.74) is 0.795. The van der Waals surface area contributed by atoms with Crippen LogP contribution in [0.1, 0.15) is 18.5 Å². The van der Waals surface area contributed by atoms with Crippen LogP contribution in [0.2, 0.25) is 0 Å². The number of aromatic nitrogens is 1. The van der Waals surface area contributed by atoms with Gasteiger partial charge in [0.15, 0.2) is 6.04 Å². The van der Waals surface area contributed by atoms with Crippen LogP contribution >= 0.6 is 0 Å². The average molecular weight is 253 g/mol. The van der Waals surface area contributed by atoms with E-state index >= 15 is 0 Å². The van der Waals surface area contributed by atoms with Crippen molar-refractivity contribution in [3.63, 3.8) is 0 Å². The van der Waals surface area contributed by atoms with Crippen molar-refractivity contribution in [1.29, 1.82) is 0 Å². The van der Waals surface area contributed by atoms with Crippen molar-refractivity contribution < 1.29 is 19.8 Å². The molecule has 0 fully saturated rings. The summed E-state index contributed by atoms with van der Waals surface area (Å²) in [5.74, 6) is -1.29. The van der Waals surface area contributed by atoms with E-state index in [0.717, 1.165) is 5.56 Å². The van der Waals surface area contributed by atoms with E-state index in [-0.39, 0.29) is 6.04 Å². The number of amides is 2. The van der Waals surface area contributed by atoms with Crippen molar-refractivity contribution in [2.75, 3.05) is 6.61 Å². The Hall–Kier alpha value is -2.15. The predicted octanol–water partition coefficient (Wildman–Crippen LogP) is -0.113. The molecule has 0 radical (unpaired) electrons. The largest absolute Gasteiger partial charge is 0.480 e. The molecule has 2 unspecified atom stereocenters. The molecule has 2 amide bonds. The molecule has 0 aliphatic heterocycles. The maximum Gasteiger partial charge on any atom is 0.328 e. The number of carbonyl (C=O) groups excluding carboxylic acids is 1. The summed E-state index contributed by atoms with van der Waals surface area (Å²) in [4.78, 5) is 26.0. The number of aliphatic carboxylic acids is 1. The molecule has 4 N–H and O–H groups in total. The minimum Gasteiger partial charge on any atom is -0.480 e. The van der Waals surface area contributed by atoms with Gasteiger partial charge in [-0.2, -0.15) is 0 Å². The molecule has 7 heteroatoms. The van der Waals surface area contributed by atoms with Gasteiger partial charge in [0.1, 0.15) is 0 Å². The Morgan fingerprint density at radius 1 is 1.44 bits per heavy atom. The zero-order chi connectivity index (χ0) is 13.5. The van der Waals surface area contributed by atoms with Gasteiger partial charge >= 0.3 is 12.0 Å². The van der Waals surface area contributed by atoms with Gasteiger partial charge in [-0.1, -0.05) is 6.07 Å². The molecular weight excluding hydrogens is 238 g/mol.